The number of aryl methyl sites for hydroxylation is 2. The highest BCUT2D eigenvalue weighted by Crippen LogP contribution is 2.35. The van der Waals surface area contributed by atoms with Crippen molar-refractivity contribution < 1.29 is 0 Å². The molecule has 1 aromatic carbocycles. The van der Waals surface area contributed by atoms with Crippen LogP contribution in [0.25, 0.3) is 27.1 Å². The number of nitrogens with zero attached hydrogens (tertiary/aromatic N) is 5. The Kier molecular flexibility index (Phi) is 4.80. The molecule has 0 spiro atoms. The predicted octanol–water partition coefficient (Wildman–Crippen LogP) is 4.65. The van der Waals surface area contributed by atoms with Crippen molar-refractivity contribution >= 4 is 50.7 Å². The quantitative estimate of drug-likeness (QED) is 0.397. The van der Waals surface area contributed by atoms with Crippen LogP contribution in [-0.2, 0) is 5.75 Å². The molecule has 5 rings (SSSR count). The molecule has 0 aliphatic carbocycles. The molecule has 0 bridgehead atoms. The minimum absolute atomic E-state index is 0.178. The molecule has 0 atom stereocenters. The Labute approximate surface area is 184 Å². The summed E-state index contributed by atoms with van der Waals surface area (Å²) in [6.45, 7) is 3.89. The second kappa shape index (κ2) is 7.50. The maximum absolute atomic E-state index is 12.8. The topological polar surface area (TPSA) is 88.8 Å². The fraction of sp³-hybridized carbons (Fsp3) is 0.150. The number of aromatic amines is 1. The largest absolute Gasteiger partial charge is 0.309 e. The average molecular weight is 455 g/mol. The number of rotatable bonds is 4. The fourth-order valence-corrected chi connectivity index (χ4v) is 5.17. The van der Waals surface area contributed by atoms with Crippen LogP contribution in [0, 0.1) is 13.8 Å². The summed E-state index contributed by atoms with van der Waals surface area (Å²) in [5, 5.41) is 8.15. The first-order chi connectivity index (χ1) is 14.5. The first kappa shape index (κ1) is 19.2. The Morgan fingerprint density at radius 3 is 2.83 bits per heavy atom. The summed E-state index contributed by atoms with van der Waals surface area (Å²) >= 11 is 9.15. The number of halogens is 1. The Bertz CT molecular complexity index is 1470. The SMILES string of the molecule is Cc1cc(C)n2nc(SCc3nc4scc(-c5ccccc5Cl)c4c(=O)[nH]3)nc2n1. The normalized spacial score (nSPS) is 11.6. The lowest BCUT2D eigenvalue weighted by molar-refractivity contribution is 0.842. The van der Waals surface area contributed by atoms with Gasteiger partial charge in [-0.15, -0.1) is 16.4 Å². The monoisotopic (exact) mass is 454 g/mol. The van der Waals surface area contributed by atoms with E-state index in [0.29, 0.717) is 37.8 Å². The summed E-state index contributed by atoms with van der Waals surface area (Å²) in [4.78, 5) is 29.9. The second-order valence-electron chi connectivity index (χ2n) is 6.76. The van der Waals surface area contributed by atoms with Crippen LogP contribution in [0.15, 0.2) is 45.7 Å². The van der Waals surface area contributed by atoms with Crippen molar-refractivity contribution in [3.05, 3.63) is 68.3 Å². The maximum atomic E-state index is 12.8. The Morgan fingerprint density at radius 1 is 1.17 bits per heavy atom. The van der Waals surface area contributed by atoms with E-state index in [1.807, 2.05) is 49.6 Å². The Balaban J connectivity index is 1.46. The zero-order valence-electron chi connectivity index (χ0n) is 16.0. The van der Waals surface area contributed by atoms with Crippen LogP contribution in [-0.4, -0.2) is 29.5 Å². The average Bonchev–Trinajstić information content (AvgIpc) is 3.31. The van der Waals surface area contributed by atoms with Crippen molar-refractivity contribution in [2.45, 2.75) is 24.8 Å². The molecule has 7 nitrogen and oxygen atoms in total. The highest BCUT2D eigenvalue weighted by Gasteiger charge is 2.15. The van der Waals surface area contributed by atoms with Gasteiger partial charge in [-0.3, -0.25) is 4.79 Å². The van der Waals surface area contributed by atoms with Crippen LogP contribution in [0.1, 0.15) is 17.2 Å². The molecule has 0 fully saturated rings. The molecule has 0 aliphatic heterocycles. The van der Waals surface area contributed by atoms with Crippen LogP contribution < -0.4 is 5.56 Å². The third-order valence-electron chi connectivity index (χ3n) is 4.59. The summed E-state index contributed by atoms with van der Waals surface area (Å²) in [7, 11) is 0. The molecule has 4 heterocycles. The Morgan fingerprint density at radius 2 is 2.00 bits per heavy atom. The highest BCUT2D eigenvalue weighted by molar-refractivity contribution is 7.98. The number of thioether (sulfide) groups is 1. The van der Waals surface area contributed by atoms with Crippen molar-refractivity contribution in [3.8, 4) is 11.1 Å². The van der Waals surface area contributed by atoms with Crippen molar-refractivity contribution in [2.24, 2.45) is 0 Å². The number of H-pyrrole nitrogens is 1. The summed E-state index contributed by atoms with van der Waals surface area (Å²) in [6, 6.07) is 9.43. The van der Waals surface area contributed by atoms with Gasteiger partial charge in [0.1, 0.15) is 10.7 Å². The van der Waals surface area contributed by atoms with Gasteiger partial charge < -0.3 is 4.98 Å². The Hall–Kier alpha value is -2.75. The van der Waals surface area contributed by atoms with Gasteiger partial charge in [-0.25, -0.2) is 14.5 Å². The van der Waals surface area contributed by atoms with Crippen molar-refractivity contribution in [3.63, 3.8) is 0 Å². The second-order valence-corrected chi connectivity index (χ2v) is 8.96. The molecule has 0 radical (unpaired) electrons. The van der Waals surface area contributed by atoms with Crippen LogP contribution in [0.3, 0.4) is 0 Å². The van der Waals surface area contributed by atoms with Crippen LogP contribution in [0.4, 0.5) is 0 Å². The molecule has 150 valence electrons. The molecule has 0 saturated heterocycles. The van der Waals surface area contributed by atoms with Gasteiger partial charge in [0.05, 0.1) is 11.1 Å². The molecule has 4 aromatic heterocycles. The number of benzene rings is 1. The molecule has 10 heteroatoms. The zero-order valence-corrected chi connectivity index (χ0v) is 18.4. The van der Waals surface area contributed by atoms with E-state index in [1.165, 1.54) is 23.1 Å². The van der Waals surface area contributed by atoms with Gasteiger partial charge in [-0.05, 0) is 26.0 Å². The fourth-order valence-electron chi connectivity index (χ4n) is 3.28. The smallest absolute Gasteiger partial charge is 0.260 e. The van der Waals surface area contributed by atoms with Gasteiger partial charge in [0.2, 0.25) is 5.16 Å². The molecular weight excluding hydrogens is 440 g/mol. The summed E-state index contributed by atoms with van der Waals surface area (Å²) in [5.74, 6) is 1.58. The van der Waals surface area contributed by atoms with Gasteiger partial charge in [-0.2, -0.15) is 4.98 Å². The standard InChI is InChI=1S/C20H15ClN6OS2/c1-10-7-11(2)27-19(22-10)25-20(26-27)30-9-15-23-17(28)16-13(8-29-18(16)24-15)12-5-3-4-6-14(12)21/h3-8H,9H2,1-2H3,(H,23,24,28). The van der Waals surface area contributed by atoms with Crippen LogP contribution >= 0.6 is 34.7 Å². The number of hydrogen-bond donors (Lipinski definition) is 1. The number of fused-ring (bicyclic) bond motifs is 2. The van der Waals surface area contributed by atoms with Gasteiger partial charge in [0.15, 0.2) is 0 Å². The summed E-state index contributed by atoms with van der Waals surface area (Å²) < 4.78 is 1.71. The van der Waals surface area contributed by atoms with Gasteiger partial charge in [-0.1, -0.05) is 41.6 Å². The number of aromatic nitrogens is 6. The van der Waals surface area contributed by atoms with E-state index in [0.717, 1.165) is 22.5 Å². The summed E-state index contributed by atoms with van der Waals surface area (Å²) in [6.07, 6.45) is 0. The van der Waals surface area contributed by atoms with E-state index in [4.69, 9.17) is 11.6 Å². The minimum atomic E-state index is -0.178. The predicted molar refractivity (Wildman–Crippen MR) is 121 cm³/mol. The molecule has 0 aliphatic rings. The lowest BCUT2D eigenvalue weighted by atomic mass is 10.1. The molecule has 5 aromatic rings. The minimum Gasteiger partial charge on any atom is -0.309 e. The number of nitrogens with one attached hydrogen (secondary N) is 1. The maximum Gasteiger partial charge on any atom is 0.260 e. The van der Waals surface area contributed by atoms with Crippen LogP contribution in [0.2, 0.25) is 5.02 Å². The van der Waals surface area contributed by atoms with E-state index < -0.39 is 0 Å². The van der Waals surface area contributed by atoms with Crippen molar-refractivity contribution in [1.82, 2.24) is 29.5 Å². The van der Waals surface area contributed by atoms with E-state index >= 15 is 0 Å². The zero-order chi connectivity index (χ0) is 20.8. The van der Waals surface area contributed by atoms with E-state index in [2.05, 4.69) is 25.0 Å². The van der Waals surface area contributed by atoms with Gasteiger partial charge >= 0.3 is 0 Å². The first-order valence-electron chi connectivity index (χ1n) is 9.09. The van der Waals surface area contributed by atoms with Crippen molar-refractivity contribution in [1.29, 1.82) is 0 Å². The van der Waals surface area contributed by atoms with Gasteiger partial charge in [0.25, 0.3) is 11.3 Å². The van der Waals surface area contributed by atoms with E-state index in [-0.39, 0.29) is 5.56 Å². The third-order valence-corrected chi connectivity index (χ3v) is 6.64. The summed E-state index contributed by atoms with van der Waals surface area (Å²) in [5.41, 5.74) is 3.31. The lowest BCUT2D eigenvalue weighted by Gasteiger charge is -2.03. The molecule has 0 saturated carbocycles. The highest BCUT2D eigenvalue weighted by atomic mass is 35.5. The molecule has 30 heavy (non-hydrogen) atoms. The van der Waals surface area contributed by atoms with Gasteiger partial charge in [0, 0.05) is 32.9 Å². The molecular formula is C20H15ClN6OS2. The molecule has 0 unspecified atom stereocenters. The lowest BCUT2D eigenvalue weighted by Crippen LogP contribution is -2.10. The number of thiophene rings is 1. The van der Waals surface area contributed by atoms with Crippen molar-refractivity contribution in [2.75, 3.05) is 0 Å². The molecule has 1 N–H and O–H groups in total. The first-order valence-corrected chi connectivity index (χ1v) is 11.3. The van der Waals surface area contributed by atoms with E-state index in [1.54, 1.807) is 4.52 Å². The number of hydrogen-bond acceptors (Lipinski definition) is 7. The molecule has 0 amide bonds. The third kappa shape index (κ3) is 3.38. The van der Waals surface area contributed by atoms with Crippen LogP contribution in [0.5, 0.6) is 0 Å². The van der Waals surface area contributed by atoms with E-state index in [9.17, 15) is 4.79 Å².